The predicted molar refractivity (Wildman–Crippen MR) is 73.5 cm³/mol. The molecule has 0 radical (unpaired) electrons. The van der Waals surface area contributed by atoms with Crippen LogP contribution in [0.25, 0.3) is 0 Å². The van der Waals surface area contributed by atoms with Crippen LogP contribution in [0, 0.1) is 5.41 Å². The maximum absolute atomic E-state index is 12.1. The zero-order valence-electron chi connectivity index (χ0n) is 11.8. The van der Waals surface area contributed by atoms with Crippen LogP contribution in [-0.2, 0) is 4.79 Å². The summed E-state index contributed by atoms with van der Waals surface area (Å²) < 4.78 is 0. The molecule has 1 saturated heterocycles. The van der Waals surface area contributed by atoms with Crippen molar-refractivity contribution in [2.24, 2.45) is 5.41 Å². The van der Waals surface area contributed by atoms with Gasteiger partial charge in [0.1, 0.15) is 0 Å². The average molecular weight is 253 g/mol. The molecule has 1 saturated carbocycles. The number of piperazine rings is 1. The van der Waals surface area contributed by atoms with E-state index in [1.807, 2.05) is 6.92 Å². The molecule has 104 valence electrons. The molecule has 4 heteroatoms. The van der Waals surface area contributed by atoms with E-state index in [2.05, 4.69) is 22.5 Å². The molecule has 4 nitrogen and oxygen atoms in total. The summed E-state index contributed by atoms with van der Waals surface area (Å²) in [5.74, 6) is 0.208. The van der Waals surface area contributed by atoms with E-state index in [9.17, 15) is 4.79 Å². The summed E-state index contributed by atoms with van der Waals surface area (Å²) in [6, 6.07) is 0.0181. The Kier molecular flexibility index (Phi) is 4.62. The summed E-state index contributed by atoms with van der Waals surface area (Å²) in [6.45, 7) is 9.10. The molecule has 1 heterocycles. The molecule has 0 bridgehead atoms. The highest BCUT2D eigenvalue weighted by Gasteiger charge is 2.41. The number of hydrogen-bond donors (Lipinski definition) is 2. The Morgan fingerprint density at radius 2 is 2.06 bits per heavy atom. The molecule has 1 aliphatic carbocycles. The quantitative estimate of drug-likeness (QED) is 0.741. The largest absolute Gasteiger partial charge is 0.354 e. The van der Waals surface area contributed by atoms with Crippen LogP contribution < -0.4 is 10.6 Å². The average Bonchev–Trinajstić information content (AvgIpc) is 3.17. The van der Waals surface area contributed by atoms with E-state index in [1.54, 1.807) is 0 Å². The summed E-state index contributed by atoms with van der Waals surface area (Å²) in [7, 11) is 0. The van der Waals surface area contributed by atoms with Crippen molar-refractivity contribution >= 4 is 5.91 Å². The number of nitrogens with zero attached hydrogens (tertiary/aromatic N) is 1. The molecule has 2 N–H and O–H groups in total. The van der Waals surface area contributed by atoms with Gasteiger partial charge in [-0.25, -0.2) is 0 Å². The standard InChI is InChI=1S/C14H27N3O/c1-3-4-14(5-6-14)11-16-13(18)12(2)17-9-7-15-8-10-17/h12,15H,3-11H2,1-2H3,(H,16,18). The van der Waals surface area contributed by atoms with Gasteiger partial charge >= 0.3 is 0 Å². The lowest BCUT2D eigenvalue weighted by atomic mass is 10.0. The lowest BCUT2D eigenvalue weighted by Gasteiger charge is -2.32. The molecular formula is C14H27N3O. The molecule has 2 aliphatic rings. The van der Waals surface area contributed by atoms with Crippen LogP contribution in [0.1, 0.15) is 39.5 Å². The van der Waals surface area contributed by atoms with Crippen molar-refractivity contribution in [2.45, 2.75) is 45.6 Å². The molecule has 1 atom stereocenters. The van der Waals surface area contributed by atoms with Crippen molar-refractivity contribution < 1.29 is 4.79 Å². The zero-order valence-corrected chi connectivity index (χ0v) is 11.8. The van der Waals surface area contributed by atoms with Crippen LogP contribution in [0.5, 0.6) is 0 Å². The number of nitrogens with one attached hydrogen (secondary N) is 2. The Morgan fingerprint density at radius 1 is 1.39 bits per heavy atom. The van der Waals surface area contributed by atoms with Crippen molar-refractivity contribution in [3.8, 4) is 0 Å². The smallest absolute Gasteiger partial charge is 0.237 e. The molecule has 0 spiro atoms. The fourth-order valence-corrected chi connectivity index (χ4v) is 2.88. The van der Waals surface area contributed by atoms with Gasteiger partial charge in [0, 0.05) is 32.7 Å². The summed E-state index contributed by atoms with van der Waals surface area (Å²) in [5, 5.41) is 6.48. The van der Waals surface area contributed by atoms with Gasteiger partial charge in [-0.05, 0) is 31.6 Å². The highest BCUT2D eigenvalue weighted by molar-refractivity contribution is 5.81. The third-order valence-corrected chi connectivity index (χ3v) is 4.45. The van der Waals surface area contributed by atoms with E-state index < -0.39 is 0 Å². The monoisotopic (exact) mass is 253 g/mol. The fourth-order valence-electron chi connectivity index (χ4n) is 2.88. The molecule has 18 heavy (non-hydrogen) atoms. The molecule has 2 rings (SSSR count). The minimum atomic E-state index is 0.0181. The first-order valence-corrected chi connectivity index (χ1v) is 7.39. The van der Waals surface area contributed by atoms with Gasteiger partial charge in [0.2, 0.25) is 5.91 Å². The van der Waals surface area contributed by atoms with Gasteiger partial charge in [-0.1, -0.05) is 13.3 Å². The first-order valence-electron chi connectivity index (χ1n) is 7.39. The highest BCUT2D eigenvalue weighted by Crippen LogP contribution is 2.48. The second kappa shape index (κ2) is 6.02. The fraction of sp³-hybridized carbons (Fsp3) is 0.929. The Labute approximate surface area is 110 Å². The predicted octanol–water partition coefficient (Wildman–Crippen LogP) is 0.977. The van der Waals surface area contributed by atoms with Gasteiger partial charge in [0.05, 0.1) is 6.04 Å². The summed E-state index contributed by atoms with van der Waals surface area (Å²) >= 11 is 0. The van der Waals surface area contributed by atoms with Crippen molar-refractivity contribution in [3.63, 3.8) is 0 Å². The van der Waals surface area contributed by atoms with Gasteiger partial charge in [0.25, 0.3) is 0 Å². The molecule has 0 aromatic rings. The van der Waals surface area contributed by atoms with Crippen LogP contribution in [0.4, 0.5) is 0 Å². The minimum absolute atomic E-state index is 0.0181. The number of amides is 1. The lowest BCUT2D eigenvalue weighted by molar-refractivity contribution is -0.126. The first-order chi connectivity index (χ1) is 8.67. The summed E-state index contributed by atoms with van der Waals surface area (Å²) in [4.78, 5) is 14.4. The van der Waals surface area contributed by atoms with Crippen molar-refractivity contribution in [1.82, 2.24) is 15.5 Å². The SMILES string of the molecule is CCCC1(CNC(=O)C(C)N2CCNCC2)CC1. The Morgan fingerprint density at radius 3 is 2.61 bits per heavy atom. The zero-order chi connectivity index (χ0) is 13.0. The van der Waals surface area contributed by atoms with Crippen LogP contribution >= 0.6 is 0 Å². The maximum Gasteiger partial charge on any atom is 0.237 e. The number of hydrogen-bond acceptors (Lipinski definition) is 3. The van der Waals surface area contributed by atoms with Crippen molar-refractivity contribution in [1.29, 1.82) is 0 Å². The number of carbonyl (C=O) groups is 1. The third kappa shape index (κ3) is 3.45. The lowest BCUT2D eigenvalue weighted by Crippen LogP contribution is -2.53. The van der Waals surface area contributed by atoms with E-state index in [0.717, 1.165) is 32.7 Å². The topological polar surface area (TPSA) is 44.4 Å². The van der Waals surface area contributed by atoms with Crippen LogP contribution in [0.3, 0.4) is 0 Å². The Bertz CT molecular complexity index is 283. The molecule has 1 unspecified atom stereocenters. The van der Waals surface area contributed by atoms with E-state index in [-0.39, 0.29) is 11.9 Å². The summed E-state index contributed by atoms with van der Waals surface area (Å²) in [5.41, 5.74) is 0.452. The Hall–Kier alpha value is -0.610. The van der Waals surface area contributed by atoms with Crippen molar-refractivity contribution in [2.75, 3.05) is 32.7 Å². The highest BCUT2D eigenvalue weighted by atomic mass is 16.2. The van der Waals surface area contributed by atoms with Gasteiger partial charge in [0.15, 0.2) is 0 Å². The molecule has 0 aromatic heterocycles. The molecule has 1 amide bonds. The van der Waals surface area contributed by atoms with Gasteiger partial charge in [-0.15, -0.1) is 0 Å². The molecule has 2 fully saturated rings. The van der Waals surface area contributed by atoms with Crippen LogP contribution in [0.2, 0.25) is 0 Å². The van der Waals surface area contributed by atoms with Gasteiger partial charge < -0.3 is 10.6 Å². The normalized spacial score (nSPS) is 24.6. The second-order valence-corrected chi connectivity index (χ2v) is 5.93. The summed E-state index contributed by atoms with van der Waals surface area (Å²) in [6.07, 6.45) is 5.07. The molecule has 1 aliphatic heterocycles. The Balaban J connectivity index is 1.73. The minimum Gasteiger partial charge on any atom is -0.354 e. The number of carbonyl (C=O) groups excluding carboxylic acids is 1. The molecular weight excluding hydrogens is 226 g/mol. The maximum atomic E-state index is 12.1. The van der Waals surface area contributed by atoms with E-state index in [4.69, 9.17) is 0 Å². The molecule has 0 aromatic carbocycles. The van der Waals surface area contributed by atoms with E-state index in [0.29, 0.717) is 5.41 Å². The first kappa shape index (κ1) is 13.8. The van der Waals surface area contributed by atoms with E-state index in [1.165, 1.54) is 25.7 Å². The van der Waals surface area contributed by atoms with Crippen LogP contribution in [0.15, 0.2) is 0 Å². The third-order valence-electron chi connectivity index (χ3n) is 4.45. The van der Waals surface area contributed by atoms with Gasteiger partial charge in [-0.2, -0.15) is 0 Å². The second-order valence-electron chi connectivity index (χ2n) is 5.93. The number of rotatable bonds is 6. The van der Waals surface area contributed by atoms with E-state index >= 15 is 0 Å². The van der Waals surface area contributed by atoms with Gasteiger partial charge in [-0.3, -0.25) is 9.69 Å². The van der Waals surface area contributed by atoms with Crippen molar-refractivity contribution in [3.05, 3.63) is 0 Å². The van der Waals surface area contributed by atoms with Crippen LogP contribution in [-0.4, -0.2) is 49.6 Å².